The van der Waals surface area contributed by atoms with Crippen molar-refractivity contribution < 1.29 is 14.3 Å². The van der Waals surface area contributed by atoms with Crippen molar-refractivity contribution in [2.45, 2.75) is 31.8 Å². The summed E-state index contributed by atoms with van der Waals surface area (Å²) in [4.78, 5) is 16.6. The zero-order chi connectivity index (χ0) is 14.7. The third-order valence-corrected chi connectivity index (χ3v) is 5.28. The lowest BCUT2D eigenvalue weighted by Gasteiger charge is -2.14. The maximum atomic E-state index is 11.2. The number of aryl methyl sites for hydroxylation is 1. The van der Waals surface area contributed by atoms with Gasteiger partial charge in [-0.05, 0) is 24.3 Å². The second-order valence-corrected chi connectivity index (χ2v) is 6.89. The standard InChI is InChI=1S/C14H17NO3S2/c1-8(2)12(14(16)17)20-7-10-9(3)18-13(15-10)11-5-4-6-19-11/h4-6,8,12H,7H2,1-3H3,(H,16,17). The molecule has 108 valence electrons. The zero-order valence-corrected chi connectivity index (χ0v) is 13.3. The van der Waals surface area contributed by atoms with Crippen LogP contribution in [0.25, 0.3) is 10.8 Å². The summed E-state index contributed by atoms with van der Waals surface area (Å²) in [6.45, 7) is 5.70. The van der Waals surface area contributed by atoms with Crippen LogP contribution in [0, 0.1) is 12.8 Å². The van der Waals surface area contributed by atoms with E-state index in [0.29, 0.717) is 11.6 Å². The largest absolute Gasteiger partial charge is 0.480 e. The van der Waals surface area contributed by atoms with Crippen LogP contribution in [0.1, 0.15) is 25.3 Å². The van der Waals surface area contributed by atoms with E-state index >= 15 is 0 Å². The second kappa shape index (κ2) is 6.45. The van der Waals surface area contributed by atoms with Crippen LogP contribution in [0.5, 0.6) is 0 Å². The van der Waals surface area contributed by atoms with Gasteiger partial charge in [0.25, 0.3) is 0 Å². The first-order valence-electron chi connectivity index (χ1n) is 6.33. The highest BCUT2D eigenvalue weighted by Gasteiger charge is 2.23. The molecular weight excluding hydrogens is 294 g/mol. The van der Waals surface area contributed by atoms with Gasteiger partial charge in [0.1, 0.15) is 11.0 Å². The Balaban J connectivity index is 2.09. The van der Waals surface area contributed by atoms with Crippen LogP contribution in [-0.4, -0.2) is 21.3 Å². The number of nitrogens with zero attached hydrogens (tertiary/aromatic N) is 1. The molecule has 1 atom stereocenters. The molecule has 0 saturated heterocycles. The fraction of sp³-hybridized carbons (Fsp3) is 0.429. The average molecular weight is 311 g/mol. The smallest absolute Gasteiger partial charge is 0.316 e. The van der Waals surface area contributed by atoms with E-state index in [9.17, 15) is 9.90 Å². The maximum absolute atomic E-state index is 11.2. The van der Waals surface area contributed by atoms with Crippen molar-refractivity contribution in [3.05, 3.63) is 29.0 Å². The lowest BCUT2D eigenvalue weighted by atomic mass is 10.1. The van der Waals surface area contributed by atoms with E-state index in [1.807, 2.05) is 38.3 Å². The Labute approximate surface area is 126 Å². The predicted octanol–water partition coefficient (Wildman–Crippen LogP) is 4.05. The lowest BCUT2D eigenvalue weighted by Crippen LogP contribution is -2.22. The molecule has 2 aromatic rings. The SMILES string of the molecule is Cc1oc(-c2cccs2)nc1CSC(C(=O)O)C(C)C. The molecule has 2 rings (SSSR count). The van der Waals surface area contributed by atoms with Gasteiger partial charge in [-0.2, -0.15) is 0 Å². The number of oxazole rings is 1. The van der Waals surface area contributed by atoms with E-state index in [1.54, 1.807) is 11.3 Å². The second-order valence-electron chi connectivity index (χ2n) is 4.81. The highest BCUT2D eigenvalue weighted by atomic mass is 32.2. The molecule has 2 aromatic heterocycles. The van der Waals surface area contributed by atoms with Crippen LogP contribution in [0.3, 0.4) is 0 Å². The molecule has 1 N–H and O–H groups in total. The number of aliphatic carboxylic acids is 1. The van der Waals surface area contributed by atoms with Gasteiger partial charge in [-0.15, -0.1) is 23.1 Å². The van der Waals surface area contributed by atoms with Gasteiger partial charge in [0.15, 0.2) is 0 Å². The first-order valence-corrected chi connectivity index (χ1v) is 8.26. The van der Waals surface area contributed by atoms with E-state index in [-0.39, 0.29) is 5.92 Å². The lowest BCUT2D eigenvalue weighted by molar-refractivity contribution is -0.137. The Kier molecular flexibility index (Phi) is 4.88. The highest BCUT2D eigenvalue weighted by Crippen LogP contribution is 2.29. The van der Waals surface area contributed by atoms with Gasteiger partial charge < -0.3 is 9.52 Å². The molecule has 0 aliphatic carbocycles. The van der Waals surface area contributed by atoms with Gasteiger partial charge in [-0.1, -0.05) is 19.9 Å². The number of carboxylic acids is 1. The van der Waals surface area contributed by atoms with Crippen molar-refractivity contribution >= 4 is 29.1 Å². The van der Waals surface area contributed by atoms with Gasteiger partial charge in [-0.25, -0.2) is 4.98 Å². The van der Waals surface area contributed by atoms with E-state index in [4.69, 9.17) is 4.42 Å². The molecule has 0 bridgehead atoms. The molecule has 0 spiro atoms. The van der Waals surface area contributed by atoms with E-state index in [0.717, 1.165) is 16.3 Å². The summed E-state index contributed by atoms with van der Waals surface area (Å²) in [5.41, 5.74) is 0.824. The molecule has 0 saturated carbocycles. The number of carbonyl (C=O) groups is 1. The molecule has 2 heterocycles. The van der Waals surface area contributed by atoms with Crippen molar-refractivity contribution in [3.8, 4) is 10.8 Å². The van der Waals surface area contributed by atoms with Gasteiger partial charge in [0.05, 0.1) is 10.6 Å². The molecule has 0 aliphatic heterocycles. The molecule has 0 amide bonds. The Morgan fingerprint density at radius 2 is 2.30 bits per heavy atom. The summed E-state index contributed by atoms with van der Waals surface area (Å²) in [7, 11) is 0. The normalized spacial score (nSPS) is 12.8. The number of thiophene rings is 1. The number of hydrogen-bond donors (Lipinski definition) is 1. The highest BCUT2D eigenvalue weighted by molar-refractivity contribution is 7.99. The molecular formula is C14H17NO3S2. The predicted molar refractivity (Wildman–Crippen MR) is 82.1 cm³/mol. The summed E-state index contributed by atoms with van der Waals surface area (Å²) >= 11 is 2.97. The molecule has 1 unspecified atom stereocenters. The van der Waals surface area contributed by atoms with Crippen molar-refractivity contribution in [2.75, 3.05) is 0 Å². The first-order chi connectivity index (χ1) is 9.49. The minimum absolute atomic E-state index is 0.0847. The average Bonchev–Trinajstić information content (AvgIpc) is 2.98. The van der Waals surface area contributed by atoms with Gasteiger partial charge in [0.2, 0.25) is 5.89 Å². The topological polar surface area (TPSA) is 63.3 Å². The molecule has 0 fully saturated rings. The maximum Gasteiger partial charge on any atom is 0.316 e. The van der Waals surface area contributed by atoms with Crippen molar-refractivity contribution in [3.63, 3.8) is 0 Å². The van der Waals surface area contributed by atoms with Crippen LogP contribution >= 0.6 is 23.1 Å². The number of carboxylic acid groups (broad SMARTS) is 1. The Morgan fingerprint density at radius 1 is 1.55 bits per heavy atom. The molecule has 6 heteroatoms. The van der Waals surface area contributed by atoms with Crippen LogP contribution < -0.4 is 0 Å². The third kappa shape index (κ3) is 3.43. The van der Waals surface area contributed by atoms with Crippen molar-refractivity contribution in [1.29, 1.82) is 0 Å². The van der Waals surface area contributed by atoms with E-state index in [2.05, 4.69) is 4.98 Å². The minimum Gasteiger partial charge on any atom is -0.480 e. The fourth-order valence-corrected chi connectivity index (χ4v) is 3.57. The summed E-state index contributed by atoms with van der Waals surface area (Å²) in [5, 5.41) is 10.7. The zero-order valence-electron chi connectivity index (χ0n) is 11.6. The molecule has 20 heavy (non-hydrogen) atoms. The summed E-state index contributed by atoms with van der Waals surface area (Å²) in [6, 6.07) is 3.91. The minimum atomic E-state index is -0.773. The Hall–Kier alpha value is -1.27. The van der Waals surface area contributed by atoms with Crippen LogP contribution in [0.4, 0.5) is 0 Å². The summed E-state index contributed by atoms with van der Waals surface area (Å²) in [6.07, 6.45) is 0. The van der Waals surface area contributed by atoms with Crippen molar-refractivity contribution in [1.82, 2.24) is 4.98 Å². The molecule has 0 radical (unpaired) electrons. The van der Waals surface area contributed by atoms with Gasteiger partial charge in [0, 0.05) is 5.75 Å². The third-order valence-electron chi connectivity index (χ3n) is 2.87. The van der Waals surface area contributed by atoms with Gasteiger partial charge in [-0.3, -0.25) is 4.79 Å². The van der Waals surface area contributed by atoms with Crippen molar-refractivity contribution in [2.24, 2.45) is 5.92 Å². The van der Waals surface area contributed by atoms with Gasteiger partial charge >= 0.3 is 5.97 Å². The van der Waals surface area contributed by atoms with E-state index in [1.165, 1.54) is 11.8 Å². The van der Waals surface area contributed by atoms with Crippen LogP contribution in [0.15, 0.2) is 21.9 Å². The number of hydrogen-bond acceptors (Lipinski definition) is 5. The summed E-state index contributed by atoms with van der Waals surface area (Å²) < 4.78 is 5.65. The monoisotopic (exact) mass is 311 g/mol. The van der Waals surface area contributed by atoms with Crippen LogP contribution in [0.2, 0.25) is 0 Å². The Bertz CT molecular complexity index is 575. The fourth-order valence-electron chi connectivity index (χ4n) is 1.79. The quantitative estimate of drug-likeness (QED) is 0.871. The molecule has 0 aromatic carbocycles. The van der Waals surface area contributed by atoms with Crippen LogP contribution in [-0.2, 0) is 10.5 Å². The number of thioether (sulfide) groups is 1. The summed E-state index contributed by atoms with van der Waals surface area (Å²) in [5.74, 6) is 1.24. The Morgan fingerprint density at radius 3 is 2.85 bits per heavy atom. The number of rotatable bonds is 6. The molecule has 4 nitrogen and oxygen atoms in total. The van der Waals surface area contributed by atoms with E-state index < -0.39 is 11.2 Å². The first kappa shape index (κ1) is 15.1. The number of aromatic nitrogens is 1. The molecule has 0 aliphatic rings.